The first-order chi connectivity index (χ1) is 15.7. The van der Waals surface area contributed by atoms with E-state index in [4.69, 9.17) is 47.0 Å². The maximum Gasteiger partial charge on any atom is 0.228 e. The number of fused-ring (bicyclic) bond motifs is 1. The lowest BCUT2D eigenvalue weighted by Gasteiger charge is -2.44. The van der Waals surface area contributed by atoms with Gasteiger partial charge in [0.1, 0.15) is 0 Å². The van der Waals surface area contributed by atoms with Gasteiger partial charge in [0.2, 0.25) is 9.70 Å². The molecule has 180 valence electrons. The number of carbonyl (C=O) groups is 1. The van der Waals surface area contributed by atoms with E-state index in [1.807, 2.05) is 34.2 Å². The number of hydrogen-bond acceptors (Lipinski definition) is 3. The molecule has 0 aliphatic carbocycles. The Hall–Kier alpha value is -1.25. The van der Waals surface area contributed by atoms with Gasteiger partial charge in [0, 0.05) is 31.1 Å². The first kappa shape index (κ1) is 24.9. The molecule has 2 aliphatic heterocycles. The Morgan fingerprint density at radius 2 is 1.97 bits per heavy atom. The molecule has 0 saturated carbocycles. The van der Waals surface area contributed by atoms with E-state index in [0.717, 1.165) is 61.9 Å². The van der Waals surface area contributed by atoms with Crippen molar-refractivity contribution in [3.05, 3.63) is 30.5 Å². The summed E-state index contributed by atoms with van der Waals surface area (Å²) in [5, 5.41) is 4.61. The van der Waals surface area contributed by atoms with Crippen LogP contribution in [0.2, 0.25) is 0 Å². The third-order valence-electron chi connectivity index (χ3n) is 6.65. The molecule has 4 rings (SSSR count). The number of para-hydroxylation sites is 1. The number of aromatic nitrogens is 1. The zero-order valence-corrected chi connectivity index (χ0v) is 21.8. The van der Waals surface area contributed by atoms with Gasteiger partial charge in [0.15, 0.2) is 11.3 Å². The Morgan fingerprint density at radius 3 is 2.70 bits per heavy atom. The molecular formula is C23H30Cl3N5OS. The molecule has 2 N–H and O–H groups in total. The van der Waals surface area contributed by atoms with Crippen molar-refractivity contribution < 1.29 is 4.79 Å². The molecule has 1 atom stereocenters. The molecule has 0 bridgehead atoms. The molecule has 0 radical (unpaired) electrons. The first-order valence-corrected chi connectivity index (χ1v) is 13.0. The fourth-order valence-corrected chi connectivity index (χ4v) is 5.65. The molecule has 3 heterocycles. The number of nitrogens with zero attached hydrogens (tertiary/aromatic N) is 3. The van der Waals surface area contributed by atoms with Crippen LogP contribution in [-0.2, 0) is 4.79 Å². The number of likely N-dealkylation sites (tertiary alicyclic amines) is 1. The number of carbonyl (C=O) groups excluding carboxylic acids is 1. The summed E-state index contributed by atoms with van der Waals surface area (Å²) in [5.74, 6) is 0.447. The van der Waals surface area contributed by atoms with Gasteiger partial charge in [-0.25, -0.2) is 0 Å². The summed E-state index contributed by atoms with van der Waals surface area (Å²) in [6, 6.07) is 8.11. The van der Waals surface area contributed by atoms with Crippen molar-refractivity contribution in [2.75, 3.05) is 38.1 Å². The fraction of sp³-hybridized carbons (Fsp3) is 0.565. The third-order valence-corrected chi connectivity index (χ3v) is 7.73. The maximum atomic E-state index is 12.9. The summed E-state index contributed by atoms with van der Waals surface area (Å²) in [7, 11) is 2.13. The number of rotatable bonds is 6. The lowest BCUT2D eigenvalue weighted by Crippen LogP contribution is -2.62. The second kappa shape index (κ2) is 10.6. The molecule has 6 nitrogen and oxygen atoms in total. The van der Waals surface area contributed by atoms with Gasteiger partial charge in [-0.05, 0) is 76.1 Å². The minimum Gasteiger partial charge on any atom is -0.359 e. The zero-order valence-electron chi connectivity index (χ0n) is 18.7. The van der Waals surface area contributed by atoms with E-state index in [9.17, 15) is 4.79 Å². The Labute approximate surface area is 215 Å². The smallest absolute Gasteiger partial charge is 0.228 e. The number of amides is 1. The molecule has 2 aromatic rings. The highest BCUT2D eigenvalue weighted by atomic mass is 35.6. The van der Waals surface area contributed by atoms with Gasteiger partial charge in [0.25, 0.3) is 0 Å². The molecule has 1 aromatic heterocycles. The summed E-state index contributed by atoms with van der Waals surface area (Å²) >= 11 is 24.9. The van der Waals surface area contributed by atoms with Gasteiger partial charge in [-0.3, -0.25) is 4.79 Å². The number of alkyl halides is 3. The third kappa shape index (κ3) is 5.88. The molecule has 1 unspecified atom stereocenters. The van der Waals surface area contributed by atoms with E-state index in [0.29, 0.717) is 24.0 Å². The molecule has 2 saturated heterocycles. The molecule has 2 aliphatic rings. The minimum atomic E-state index is -1.73. The average molecular weight is 531 g/mol. The molecule has 0 spiro atoms. The van der Waals surface area contributed by atoms with Gasteiger partial charge in [-0.15, -0.1) is 0 Å². The van der Waals surface area contributed by atoms with Crippen LogP contribution in [0, 0.1) is 5.92 Å². The number of benzene rings is 1. The van der Waals surface area contributed by atoms with Crippen LogP contribution in [0.4, 0.5) is 5.69 Å². The maximum absolute atomic E-state index is 12.9. The molecule has 1 aromatic carbocycles. The van der Waals surface area contributed by atoms with E-state index in [-0.39, 0.29) is 5.91 Å². The largest absolute Gasteiger partial charge is 0.359 e. The van der Waals surface area contributed by atoms with Crippen LogP contribution in [0.3, 0.4) is 0 Å². The summed E-state index contributed by atoms with van der Waals surface area (Å²) in [5.41, 5.74) is 1.98. The Morgan fingerprint density at radius 1 is 1.21 bits per heavy atom. The highest BCUT2D eigenvalue weighted by Crippen LogP contribution is 2.36. The van der Waals surface area contributed by atoms with Crippen LogP contribution in [0.1, 0.15) is 32.1 Å². The Balaban J connectivity index is 1.45. The van der Waals surface area contributed by atoms with Gasteiger partial charge in [-0.1, -0.05) is 46.9 Å². The number of halogens is 3. The van der Waals surface area contributed by atoms with E-state index in [1.165, 1.54) is 0 Å². The zero-order chi connectivity index (χ0) is 23.6. The van der Waals surface area contributed by atoms with Crippen LogP contribution in [-0.4, -0.2) is 69.0 Å². The van der Waals surface area contributed by atoms with Crippen LogP contribution >= 0.6 is 47.0 Å². The molecule has 33 heavy (non-hydrogen) atoms. The normalized spacial score (nSPS) is 19.8. The van der Waals surface area contributed by atoms with E-state index >= 15 is 0 Å². The monoisotopic (exact) mass is 529 g/mol. The lowest BCUT2D eigenvalue weighted by atomic mass is 9.92. The highest BCUT2D eigenvalue weighted by Gasteiger charge is 2.42. The number of thiocarbonyl (C=S) groups is 1. The second-order valence-corrected chi connectivity index (χ2v) is 11.7. The number of piperidine rings is 1. The van der Waals surface area contributed by atoms with Gasteiger partial charge >= 0.3 is 0 Å². The molecule has 1 amide bonds. The summed E-state index contributed by atoms with van der Waals surface area (Å²) in [6.45, 7) is 3.51. The van der Waals surface area contributed by atoms with Crippen molar-refractivity contribution in [2.45, 2.75) is 42.1 Å². The van der Waals surface area contributed by atoms with Crippen molar-refractivity contribution in [3.63, 3.8) is 0 Å². The standard InChI is InChI=1S/C23H30Cl3N5OS/c1-29-14-9-16(10-15-29)6-7-19(32)28-21(23(24,25)26)31-13-3-12-30(22(31)33)18-5-2-4-17-8-11-27-20(17)18/h2,4-5,8,11,16,21,27H,3,6-7,9-10,12-15H2,1H3,(H,28,32). The van der Waals surface area contributed by atoms with Gasteiger partial charge < -0.3 is 25.0 Å². The first-order valence-electron chi connectivity index (χ1n) is 11.4. The summed E-state index contributed by atoms with van der Waals surface area (Å²) < 4.78 is -1.73. The SMILES string of the molecule is CN1CCC(CCC(=O)NC(N2CCCN(c3cccc4cc[nH]c34)C2=S)C(Cl)(Cl)Cl)CC1. The van der Waals surface area contributed by atoms with Crippen molar-refractivity contribution >= 4 is 74.6 Å². The lowest BCUT2D eigenvalue weighted by molar-refractivity contribution is -0.123. The molecule has 2 fully saturated rings. The van der Waals surface area contributed by atoms with Crippen molar-refractivity contribution in [2.24, 2.45) is 5.92 Å². The predicted octanol–water partition coefficient (Wildman–Crippen LogP) is 4.90. The van der Waals surface area contributed by atoms with E-state index < -0.39 is 9.96 Å². The quantitative estimate of drug-likeness (QED) is 0.411. The minimum absolute atomic E-state index is 0.114. The number of aromatic amines is 1. The van der Waals surface area contributed by atoms with Crippen LogP contribution in [0.15, 0.2) is 30.5 Å². The summed E-state index contributed by atoms with van der Waals surface area (Å²) in [4.78, 5) is 22.4. The highest BCUT2D eigenvalue weighted by molar-refractivity contribution is 7.80. The van der Waals surface area contributed by atoms with Crippen LogP contribution in [0.5, 0.6) is 0 Å². The van der Waals surface area contributed by atoms with Gasteiger partial charge in [0.05, 0.1) is 11.2 Å². The number of nitrogens with one attached hydrogen (secondary N) is 2. The Kier molecular flexibility index (Phi) is 7.96. The van der Waals surface area contributed by atoms with E-state index in [2.05, 4.69) is 28.3 Å². The second-order valence-electron chi connectivity index (χ2n) is 9.00. The van der Waals surface area contributed by atoms with Gasteiger partial charge in [-0.2, -0.15) is 0 Å². The van der Waals surface area contributed by atoms with Crippen molar-refractivity contribution in [1.29, 1.82) is 0 Å². The number of H-pyrrole nitrogens is 1. The van der Waals surface area contributed by atoms with Crippen molar-refractivity contribution in [3.8, 4) is 0 Å². The molecule has 10 heteroatoms. The predicted molar refractivity (Wildman–Crippen MR) is 141 cm³/mol. The van der Waals surface area contributed by atoms with Crippen LogP contribution in [0.25, 0.3) is 10.9 Å². The summed E-state index contributed by atoms with van der Waals surface area (Å²) in [6.07, 6.45) is 5.38. The molecular weight excluding hydrogens is 501 g/mol. The number of hydrogen-bond donors (Lipinski definition) is 2. The Bertz CT molecular complexity index is 986. The van der Waals surface area contributed by atoms with Crippen molar-refractivity contribution in [1.82, 2.24) is 20.1 Å². The fourth-order valence-electron chi connectivity index (χ4n) is 4.75. The number of anilines is 1. The topological polar surface area (TPSA) is 54.6 Å². The average Bonchev–Trinajstić information content (AvgIpc) is 3.26. The van der Waals surface area contributed by atoms with E-state index in [1.54, 1.807) is 0 Å². The van der Waals surface area contributed by atoms with Crippen LogP contribution < -0.4 is 10.2 Å².